The molecule has 1 aromatic carbocycles. The molecule has 1 unspecified atom stereocenters. The van der Waals surface area contributed by atoms with Gasteiger partial charge >= 0.3 is 0 Å². The quantitative estimate of drug-likeness (QED) is 0.837. The van der Waals surface area contributed by atoms with Crippen LogP contribution < -0.4 is 5.32 Å². The first-order chi connectivity index (χ1) is 13.9. The minimum Gasteiger partial charge on any atom is -0.351 e. The molecule has 0 saturated carbocycles. The van der Waals surface area contributed by atoms with E-state index in [1.807, 2.05) is 17.0 Å². The molecule has 1 atom stereocenters. The molecule has 3 aliphatic rings. The third kappa shape index (κ3) is 3.13. The van der Waals surface area contributed by atoms with Crippen LogP contribution in [-0.2, 0) is 17.6 Å². The molecular formula is C21H22ClN5O2. The number of aromatic nitrogens is 2. The average Bonchev–Trinajstić information content (AvgIpc) is 3.01. The van der Waals surface area contributed by atoms with Crippen molar-refractivity contribution in [2.24, 2.45) is 0 Å². The summed E-state index contributed by atoms with van der Waals surface area (Å²) in [5, 5.41) is 4.11. The Labute approximate surface area is 174 Å². The number of hydrogen-bond donors (Lipinski definition) is 1. The van der Waals surface area contributed by atoms with Gasteiger partial charge in [0.15, 0.2) is 0 Å². The molecule has 2 saturated heterocycles. The maximum Gasteiger partial charge on any atom is 0.257 e. The number of hydrogen-bond acceptors (Lipinski definition) is 5. The van der Waals surface area contributed by atoms with E-state index in [0.29, 0.717) is 31.1 Å². The molecule has 7 nitrogen and oxygen atoms in total. The first-order valence-electron chi connectivity index (χ1n) is 9.87. The van der Waals surface area contributed by atoms with Crippen molar-refractivity contribution in [2.45, 2.75) is 37.8 Å². The summed E-state index contributed by atoms with van der Waals surface area (Å²) in [4.78, 5) is 36.7. The Morgan fingerprint density at radius 3 is 2.55 bits per heavy atom. The highest BCUT2D eigenvalue weighted by Gasteiger charge is 2.56. The fraction of sp³-hybridized carbons (Fsp3) is 0.429. The molecule has 0 radical (unpaired) electrons. The fourth-order valence-electron chi connectivity index (χ4n) is 4.61. The number of nitrogens with zero attached hydrogens (tertiary/aromatic N) is 4. The van der Waals surface area contributed by atoms with Gasteiger partial charge in [0.2, 0.25) is 11.9 Å². The van der Waals surface area contributed by atoms with Crippen LogP contribution >= 0.6 is 11.6 Å². The highest BCUT2D eigenvalue weighted by atomic mass is 35.5. The molecule has 2 aromatic rings. The van der Waals surface area contributed by atoms with Crippen LogP contribution in [0.2, 0.25) is 5.02 Å². The number of fused-ring (bicyclic) bond motifs is 1. The number of carbonyl (C=O) groups excluding carboxylic acids is 2. The van der Waals surface area contributed by atoms with Crippen molar-refractivity contribution in [3.63, 3.8) is 0 Å². The fourth-order valence-corrected chi connectivity index (χ4v) is 4.81. The number of carbonyl (C=O) groups is 2. The van der Waals surface area contributed by atoms with Gasteiger partial charge in [0.1, 0.15) is 0 Å². The van der Waals surface area contributed by atoms with E-state index in [1.165, 1.54) is 11.1 Å². The largest absolute Gasteiger partial charge is 0.351 e. The van der Waals surface area contributed by atoms with E-state index < -0.39 is 0 Å². The number of rotatable bonds is 3. The molecule has 8 heteroatoms. The van der Waals surface area contributed by atoms with Gasteiger partial charge in [0, 0.05) is 50.0 Å². The van der Waals surface area contributed by atoms with Crippen molar-refractivity contribution in [2.75, 3.05) is 25.0 Å². The minimum atomic E-state index is -0.184. The number of likely N-dealkylation sites (tertiary alicyclic amines) is 2. The Balaban J connectivity index is 1.21. The predicted molar refractivity (Wildman–Crippen MR) is 109 cm³/mol. The molecule has 0 bridgehead atoms. The number of anilines is 1. The molecule has 1 N–H and O–H groups in total. The Kier molecular flexibility index (Phi) is 4.24. The number of benzene rings is 1. The molecule has 1 aromatic heterocycles. The second-order valence-corrected chi connectivity index (χ2v) is 8.70. The standard InChI is InChI=1S/C21H22ClN5O2/c1-13(28)26-11-21(12-26)4-5-27(21)19(29)16-9-23-20(24-10-16)25-18-7-14-2-3-17(22)6-15(14)8-18/h2-3,6,9-10,18H,4-5,7-8,11-12H2,1H3,(H,23,24,25). The number of halogens is 1. The topological polar surface area (TPSA) is 78.4 Å². The zero-order valence-corrected chi connectivity index (χ0v) is 16.9. The van der Waals surface area contributed by atoms with Crippen molar-refractivity contribution in [3.8, 4) is 0 Å². The maximum absolute atomic E-state index is 12.9. The van der Waals surface area contributed by atoms with Gasteiger partial charge in [-0.25, -0.2) is 9.97 Å². The van der Waals surface area contributed by atoms with Gasteiger partial charge in [-0.05, 0) is 42.5 Å². The summed E-state index contributed by atoms with van der Waals surface area (Å²) in [6.45, 7) is 3.53. The molecule has 3 heterocycles. The van der Waals surface area contributed by atoms with Crippen molar-refractivity contribution in [3.05, 3.63) is 52.3 Å². The van der Waals surface area contributed by atoms with Crippen LogP contribution in [0.25, 0.3) is 0 Å². The van der Waals surface area contributed by atoms with Crippen LogP contribution in [0, 0.1) is 0 Å². The van der Waals surface area contributed by atoms with E-state index in [9.17, 15) is 9.59 Å². The lowest BCUT2D eigenvalue weighted by Gasteiger charge is -2.62. The highest BCUT2D eigenvalue weighted by molar-refractivity contribution is 6.30. The molecule has 2 aliphatic heterocycles. The Hall–Kier alpha value is -2.67. The monoisotopic (exact) mass is 411 g/mol. The Morgan fingerprint density at radius 1 is 1.17 bits per heavy atom. The number of amides is 2. The Bertz CT molecular complexity index is 987. The van der Waals surface area contributed by atoms with Crippen molar-refractivity contribution >= 4 is 29.4 Å². The van der Waals surface area contributed by atoms with Crippen LogP contribution in [0.15, 0.2) is 30.6 Å². The van der Waals surface area contributed by atoms with E-state index in [0.717, 1.165) is 24.3 Å². The molecule has 5 rings (SSSR count). The lowest BCUT2D eigenvalue weighted by Crippen LogP contribution is -2.78. The van der Waals surface area contributed by atoms with Gasteiger partial charge in [0.25, 0.3) is 5.91 Å². The van der Waals surface area contributed by atoms with Crippen molar-refractivity contribution in [1.82, 2.24) is 19.8 Å². The van der Waals surface area contributed by atoms with Crippen molar-refractivity contribution in [1.29, 1.82) is 0 Å². The second kappa shape index (κ2) is 6.69. The SMILES string of the molecule is CC(=O)N1CC2(CCN2C(=O)c2cnc(NC3Cc4ccc(Cl)cc4C3)nc2)C1. The summed E-state index contributed by atoms with van der Waals surface area (Å²) < 4.78 is 0. The van der Waals surface area contributed by atoms with Gasteiger partial charge in [-0.1, -0.05) is 17.7 Å². The summed E-state index contributed by atoms with van der Waals surface area (Å²) >= 11 is 6.08. The summed E-state index contributed by atoms with van der Waals surface area (Å²) in [5.74, 6) is 0.522. The molecule has 1 aliphatic carbocycles. The van der Waals surface area contributed by atoms with Crippen LogP contribution in [0.3, 0.4) is 0 Å². The van der Waals surface area contributed by atoms with E-state index in [1.54, 1.807) is 24.2 Å². The predicted octanol–water partition coefficient (Wildman–Crippen LogP) is 2.16. The lowest BCUT2D eigenvalue weighted by molar-refractivity contribution is -0.151. The molecule has 2 amide bonds. The van der Waals surface area contributed by atoms with Gasteiger partial charge in [-0.15, -0.1) is 0 Å². The van der Waals surface area contributed by atoms with Gasteiger partial charge in [-0.3, -0.25) is 9.59 Å². The zero-order chi connectivity index (χ0) is 20.2. The third-order valence-electron chi connectivity index (χ3n) is 6.37. The van der Waals surface area contributed by atoms with E-state index in [-0.39, 0.29) is 23.4 Å². The smallest absolute Gasteiger partial charge is 0.257 e. The Morgan fingerprint density at radius 2 is 1.90 bits per heavy atom. The molecule has 2 fully saturated rings. The average molecular weight is 412 g/mol. The normalized spacial score (nSPS) is 21.4. The van der Waals surface area contributed by atoms with E-state index in [2.05, 4.69) is 21.4 Å². The summed E-state index contributed by atoms with van der Waals surface area (Å²) in [6.07, 6.45) is 5.89. The van der Waals surface area contributed by atoms with Gasteiger partial charge in [-0.2, -0.15) is 0 Å². The molecular weight excluding hydrogens is 390 g/mol. The lowest BCUT2D eigenvalue weighted by atomic mass is 9.77. The molecule has 150 valence electrons. The first-order valence-corrected chi connectivity index (χ1v) is 10.2. The van der Waals surface area contributed by atoms with Gasteiger partial charge < -0.3 is 15.1 Å². The molecule has 29 heavy (non-hydrogen) atoms. The molecule has 1 spiro atoms. The van der Waals surface area contributed by atoms with E-state index >= 15 is 0 Å². The van der Waals surface area contributed by atoms with E-state index in [4.69, 9.17) is 11.6 Å². The maximum atomic E-state index is 12.9. The second-order valence-electron chi connectivity index (χ2n) is 8.26. The van der Waals surface area contributed by atoms with Gasteiger partial charge in [0.05, 0.1) is 11.1 Å². The third-order valence-corrected chi connectivity index (χ3v) is 6.60. The number of nitrogens with one attached hydrogen (secondary N) is 1. The zero-order valence-electron chi connectivity index (χ0n) is 16.2. The summed E-state index contributed by atoms with van der Waals surface area (Å²) in [6, 6.07) is 6.22. The summed E-state index contributed by atoms with van der Waals surface area (Å²) in [5.41, 5.74) is 2.85. The van der Waals surface area contributed by atoms with Crippen molar-refractivity contribution < 1.29 is 9.59 Å². The first kappa shape index (κ1) is 18.4. The minimum absolute atomic E-state index is 0.0602. The van der Waals surface area contributed by atoms with Crippen LogP contribution in [0.5, 0.6) is 0 Å². The highest BCUT2D eigenvalue weighted by Crippen LogP contribution is 2.40. The van der Waals surface area contributed by atoms with Crippen LogP contribution in [0.4, 0.5) is 5.95 Å². The summed E-state index contributed by atoms with van der Waals surface area (Å²) in [7, 11) is 0. The van der Waals surface area contributed by atoms with Crippen LogP contribution in [-0.4, -0.2) is 62.8 Å². The van der Waals surface area contributed by atoms with Crippen LogP contribution in [0.1, 0.15) is 34.8 Å².